The number of nitrogens with one attached hydrogen (secondary N) is 2. The van der Waals surface area contributed by atoms with Crippen LogP contribution in [0.2, 0.25) is 0 Å². The molecule has 1 aromatic carbocycles. The standard InChI is InChI=1S/C17H25N3O2/c1-12(19-17(18)22)16(21)20-15(14-9-5-6-10-14)11-13-7-3-2-4-8-13/h2-4,7-8,12,14-15H,5-6,9-11H2,1H3,(H,20,21)(H3,18,19,22)/t12-,15-/m0/s1. The molecule has 5 nitrogen and oxygen atoms in total. The normalized spacial score (nSPS) is 17.7. The zero-order valence-corrected chi connectivity index (χ0v) is 13.0. The predicted octanol–water partition coefficient (Wildman–Crippen LogP) is 1.96. The Bertz CT molecular complexity index is 498. The molecule has 2 rings (SSSR count). The number of carbonyl (C=O) groups excluding carboxylic acids is 2. The highest BCUT2D eigenvalue weighted by Gasteiger charge is 2.28. The smallest absolute Gasteiger partial charge is 0.312 e. The number of hydrogen-bond donors (Lipinski definition) is 3. The van der Waals surface area contributed by atoms with Gasteiger partial charge in [0.15, 0.2) is 0 Å². The Morgan fingerprint density at radius 3 is 2.41 bits per heavy atom. The van der Waals surface area contributed by atoms with Gasteiger partial charge in [-0.3, -0.25) is 4.79 Å². The van der Waals surface area contributed by atoms with E-state index in [9.17, 15) is 9.59 Å². The molecular weight excluding hydrogens is 278 g/mol. The van der Waals surface area contributed by atoms with Gasteiger partial charge in [0.1, 0.15) is 6.04 Å². The molecule has 1 fully saturated rings. The summed E-state index contributed by atoms with van der Waals surface area (Å²) < 4.78 is 0. The van der Waals surface area contributed by atoms with Crippen LogP contribution in [0.15, 0.2) is 30.3 Å². The lowest BCUT2D eigenvalue weighted by Gasteiger charge is -2.26. The Hall–Kier alpha value is -2.04. The van der Waals surface area contributed by atoms with Gasteiger partial charge in [-0.15, -0.1) is 0 Å². The van der Waals surface area contributed by atoms with Crippen LogP contribution >= 0.6 is 0 Å². The monoisotopic (exact) mass is 303 g/mol. The van der Waals surface area contributed by atoms with E-state index < -0.39 is 12.1 Å². The van der Waals surface area contributed by atoms with Crippen LogP contribution in [0.4, 0.5) is 4.79 Å². The third-order valence-electron chi connectivity index (χ3n) is 4.35. The van der Waals surface area contributed by atoms with Gasteiger partial charge >= 0.3 is 6.03 Å². The maximum atomic E-state index is 12.3. The molecule has 120 valence electrons. The molecule has 0 spiro atoms. The lowest BCUT2D eigenvalue weighted by molar-refractivity contribution is -0.123. The van der Waals surface area contributed by atoms with Crippen molar-refractivity contribution in [1.29, 1.82) is 0 Å². The van der Waals surface area contributed by atoms with Gasteiger partial charge in [0, 0.05) is 6.04 Å². The van der Waals surface area contributed by atoms with Crippen LogP contribution in [0.1, 0.15) is 38.2 Å². The summed E-state index contributed by atoms with van der Waals surface area (Å²) in [5.41, 5.74) is 6.30. The van der Waals surface area contributed by atoms with Crippen molar-refractivity contribution in [2.24, 2.45) is 11.7 Å². The van der Waals surface area contributed by atoms with Crippen molar-refractivity contribution < 1.29 is 9.59 Å². The molecule has 22 heavy (non-hydrogen) atoms. The minimum Gasteiger partial charge on any atom is -0.352 e. The molecule has 0 heterocycles. The number of rotatable bonds is 6. The summed E-state index contributed by atoms with van der Waals surface area (Å²) in [5, 5.41) is 5.53. The topological polar surface area (TPSA) is 84.2 Å². The summed E-state index contributed by atoms with van der Waals surface area (Å²) in [6.45, 7) is 1.65. The number of urea groups is 1. The molecule has 0 unspecified atom stereocenters. The van der Waals surface area contributed by atoms with Crippen molar-refractivity contribution in [3.05, 3.63) is 35.9 Å². The van der Waals surface area contributed by atoms with Gasteiger partial charge in [-0.05, 0) is 37.7 Å². The quantitative estimate of drug-likeness (QED) is 0.750. The summed E-state index contributed by atoms with van der Waals surface area (Å²) in [4.78, 5) is 23.1. The minimum atomic E-state index is -0.678. The second-order valence-corrected chi connectivity index (χ2v) is 6.08. The van der Waals surface area contributed by atoms with Crippen LogP contribution in [-0.2, 0) is 11.2 Å². The number of carbonyl (C=O) groups is 2. The Morgan fingerprint density at radius 2 is 1.82 bits per heavy atom. The van der Waals surface area contributed by atoms with Crippen molar-refractivity contribution in [3.8, 4) is 0 Å². The third-order valence-corrected chi connectivity index (χ3v) is 4.35. The molecule has 2 atom stereocenters. The summed E-state index contributed by atoms with van der Waals surface area (Å²) in [6, 6.07) is 9.00. The van der Waals surface area contributed by atoms with Gasteiger partial charge < -0.3 is 16.4 Å². The van der Waals surface area contributed by atoms with E-state index in [0.29, 0.717) is 5.92 Å². The first-order valence-electron chi connectivity index (χ1n) is 7.96. The number of hydrogen-bond acceptors (Lipinski definition) is 2. The van der Waals surface area contributed by atoms with E-state index in [1.165, 1.54) is 18.4 Å². The number of primary amides is 1. The largest absolute Gasteiger partial charge is 0.352 e. The van der Waals surface area contributed by atoms with Crippen LogP contribution in [0, 0.1) is 5.92 Å². The fraction of sp³-hybridized carbons (Fsp3) is 0.529. The third kappa shape index (κ3) is 4.76. The van der Waals surface area contributed by atoms with Crippen molar-refractivity contribution in [2.75, 3.05) is 0 Å². The molecule has 0 bridgehead atoms. The molecule has 1 aromatic rings. The van der Waals surface area contributed by atoms with Crippen LogP contribution < -0.4 is 16.4 Å². The number of nitrogens with two attached hydrogens (primary N) is 1. The first kappa shape index (κ1) is 16.3. The van der Waals surface area contributed by atoms with Gasteiger partial charge in [0.25, 0.3) is 0 Å². The van der Waals surface area contributed by atoms with E-state index in [2.05, 4.69) is 22.8 Å². The van der Waals surface area contributed by atoms with Gasteiger partial charge in [-0.1, -0.05) is 43.2 Å². The average molecular weight is 303 g/mol. The SMILES string of the molecule is C[C@H](NC(N)=O)C(=O)N[C@@H](Cc1ccccc1)C1CCCC1. The number of benzene rings is 1. The molecule has 1 saturated carbocycles. The highest BCUT2D eigenvalue weighted by Crippen LogP contribution is 2.29. The summed E-state index contributed by atoms with van der Waals surface area (Å²) >= 11 is 0. The first-order valence-corrected chi connectivity index (χ1v) is 7.96. The van der Waals surface area contributed by atoms with E-state index in [0.717, 1.165) is 19.3 Å². The second kappa shape index (κ2) is 7.82. The maximum Gasteiger partial charge on any atom is 0.312 e. The lowest BCUT2D eigenvalue weighted by Crippen LogP contribution is -2.51. The summed E-state index contributed by atoms with van der Waals surface area (Å²) in [7, 11) is 0. The highest BCUT2D eigenvalue weighted by molar-refractivity contribution is 5.86. The molecule has 5 heteroatoms. The molecule has 4 N–H and O–H groups in total. The second-order valence-electron chi connectivity index (χ2n) is 6.08. The molecule has 1 aliphatic rings. The zero-order chi connectivity index (χ0) is 15.9. The Kier molecular flexibility index (Phi) is 5.81. The van der Waals surface area contributed by atoms with Gasteiger partial charge in [-0.25, -0.2) is 4.79 Å². The zero-order valence-electron chi connectivity index (χ0n) is 13.0. The van der Waals surface area contributed by atoms with Gasteiger partial charge in [0.2, 0.25) is 5.91 Å². The van der Waals surface area contributed by atoms with Crippen molar-refractivity contribution in [3.63, 3.8) is 0 Å². The van der Waals surface area contributed by atoms with E-state index >= 15 is 0 Å². The van der Waals surface area contributed by atoms with Gasteiger partial charge in [0.05, 0.1) is 0 Å². The molecule has 3 amide bonds. The molecule has 0 aromatic heterocycles. The summed E-state index contributed by atoms with van der Waals surface area (Å²) in [5.74, 6) is 0.330. The van der Waals surface area contributed by atoms with Crippen molar-refractivity contribution in [1.82, 2.24) is 10.6 Å². The Balaban J connectivity index is 2.01. The minimum absolute atomic E-state index is 0.106. The molecule has 0 radical (unpaired) electrons. The van der Waals surface area contributed by atoms with Crippen LogP contribution in [-0.4, -0.2) is 24.0 Å². The van der Waals surface area contributed by atoms with E-state index in [1.54, 1.807) is 6.92 Å². The van der Waals surface area contributed by atoms with E-state index in [4.69, 9.17) is 5.73 Å². The van der Waals surface area contributed by atoms with E-state index in [-0.39, 0.29) is 11.9 Å². The van der Waals surface area contributed by atoms with Gasteiger partial charge in [-0.2, -0.15) is 0 Å². The first-order chi connectivity index (χ1) is 10.6. The highest BCUT2D eigenvalue weighted by atomic mass is 16.2. The van der Waals surface area contributed by atoms with Crippen LogP contribution in [0.5, 0.6) is 0 Å². The van der Waals surface area contributed by atoms with Crippen molar-refractivity contribution in [2.45, 2.75) is 51.1 Å². The van der Waals surface area contributed by atoms with E-state index in [1.807, 2.05) is 18.2 Å². The maximum absolute atomic E-state index is 12.3. The molecule has 1 aliphatic carbocycles. The fourth-order valence-corrected chi connectivity index (χ4v) is 3.15. The molecule has 0 saturated heterocycles. The van der Waals surface area contributed by atoms with Crippen LogP contribution in [0.25, 0.3) is 0 Å². The molecule has 0 aliphatic heterocycles. The van der Waals surface area contributed by atoms with Crippen LogP contribution in [0.3, 0.4) is 0 Å². The van der Waals surface area contributed by atoms with Crippen molar-refractivity contribution >= 4 is 11.9 Å². The summed E-state index contributed by atoms with van der Waals surface area (Å²) in [6.07, 6.45) is 5.56. The lowest BCUT2D eigenvalue weighted by atomic mass is 9.92. The average Bonchev–Trinajstić information content (AvgIpc) is 3.01. The molecular formula is C17H25N3O2. The predicted molar refractivity (Wildman–Crippen MR) is 86.2 cm³/mol. The fourth-order valence-electron chi connectivity index (χ4n) is 3.15. The Labute approximate surface area is 131 Å². The number of amides is 3. The Morgan fingerprint density at radius 1 is 1.18 bits per heavy atom.